The van der Waals surface area contributed by atoms with Crippen molar-refractivity contribution >= 4 is 23.2 Å². The summed E-state index contributed by atoms with van der Waals surface area (Å²) in [4.78, 5) is 38.5. The molecule has 4 aromatic rings. The Morgan fingerprint density at radius 2 is 1.64 bits per heavy atom. The molecule has 0 saturated heterocycles. The quantitative estimate of drug-likeness (QED) is 0.262. The Morgan fingerprint density at radius 1 is 0.974 bits per heavy atom. The lowest BCUT2D eigenvalue weighted by molar-refractivity contribution is -0.138. The van der Waals surface area contributed by atoms with E-state index in [0.717, 1.165) is 0 Å². The van der Waals surface area contributed by atoms with Gasteiger partial charge in [-0.3, -0.25) is 18.8 Å². The van der Waals surface area contributed by atoms with E-state index < -0.39 is 24.0 Å². The van der Waals surface area contributed by atoms with Crippen molar-refractivity contribution in [1.82, 2.24) is 9.72 Å². The third-order valence-electron chi connectivity index (χ3n) is 6.28. The van der Waals surface area contributed by atoms with Crippen LogP contribution in [-0.2, 0) is 9.59 Å². The monoisotopic (exact) mass is 523 g/mol. The largest absolute Gasteiger partial charge is 0.481 e. The number of nitrogens with one attached hydrogen (secondary N) is 1. The average molecular weight is 524 g/mol. The van der Waals surface area contributed by atoms with Crippen LogP contribution in [0.4, 0.5) is 0 Å². The van der Waals surface area contributed by atoms with Crippen molar-refractivity contribution in [3.63, 3.8) is 0 Å². The van der Waals surface area contributed by atoms with Gasteiger partial charge in [0.25, 0.3) is 5.91 Å². The Hall–Kier alpha value is -4.90. The molecular weight excluding hydrogens is 494 g/mol. The number of nitriles is 1. The highest BCUT2D eigenvalue weighted by Gasteiger charge is 2.28. The summed E-state index contributed by atoms with van der Waals surface area (Å²) in [5, 5.41) is 22.0. The predicted molar refractivity (Wildman–Crippen MR) is 145 cm³/mol. The molecule has 39 heavy (non-hydrogen) atoms. The summed E-state index contributed by atoms with van der Waals surface area (Å²) < 4.78 is 7.82. The molecule has 4 rings (SSSR count). The predicted octanol–water partition coefficient (Wildman–Crippen LogP) is 5.17. The minimum Gasteiger partial charge on any atom is -0.481 e. The third kappa shape index (κ3) is 6.33. The van der Waals surface area contributed by atoms with E-state index in [-0.39, 0.29) is 29.7 Å². The number of rotatable bonds is 11. The van der Waals surface area contributed by atoms with E-state index in [4.69, 9.17) is 4.74 Å². The number of fused-ring (bicyclic) bond motifs is 1. The van der Waals surface area contributed by atoms with Crippen LogP contribution in [0.2, 0.25) is 0 Å². The fourth-order valence-corrected chi connectivity index (χ4v) is 4.47. The molecule has 2 atom stereocenters. The minimum atomic E-state index is -1.05. The van der Waals surface area contributed by atoms with Crippen LogP contribution in [0, 0.1) is 17.2 Å². The zero-order valence-corrected chi connectivity index (χ0v) is 21.7. The number of aromatic nitrogens is 1. The van der Waals surface area contributed by atoms with Crippen LogP contribution in [-0.4, -0.2) is 33.3 Å². The lowest BCUT2D eigenvalue weighted by Gasteiger charge is -2.25. The van der Waals surface area contributed by atoms with Gasteiger partial charge in [0, 0.05) is 5.56 Å². The van der Waals surface area contributed by atoms with Crippen molar-refractivity contribution in [2.24, 2.45) is 5.92 Å². The fourth-order valence-electron chi connectivity index (χ4n) is 4.47. The molecule has 198 valence electrons. The number of hydrogen-bond donors (Lipinski definition) is 2. The minimum absolute atomic E-state index is 0.0688. The third-order valence-corrected chi connectivity index (χ3v) is 6.28. The first-order valence-corrected chi connectivity index (χ1v) is 12.7. The maximum atomic E-state index is 13.5. The van der Waals surface area contributed by atoms with Gasteiger partial charge in [0.15, 0.2) is 12.0 Å². The molecule has 2 N–H and O–H groups in total. The summed E-state index contributed by atoms with van der Waals surface area (Å²) in [7, 11) is 0. The number of carbonyl (C=O) groups excluding carboxylic acids is 2. The highest BCUT2D eigenvalue weighted by atomic mass is 16.5. The molecule has 2 aromatic heterocycles. The number of ether oxygens (including phenoxy) is 1. The van der Waals surface area contributed by atoms with E-state index in [1.54, 1.807) is 71.1 Å². The highest BCUT2D eigenvalue weighted by Crippen LogP contribution is 2.27. The number of carboxylic acid groups (broad SMARTS) is 1. The SMILES string of the molecule is CC(C)C[C@H](Oc1cccc2c(C#N)cc(C(=O)c3ccccc3)n12)C(=O)NC(CC(=O)O)c1ccccc1. The molecule has 0 fully saturated rings. The number of aliphatic carboxylic acids is 1. The van der Waals surface area contributed by atoms with E-state index in [2.05, 4.69) is 11.4 Å². The summed E-state index contributed by atoms with van der Waals surface area (Å²) in [6, 6.07) is 25.6. The smallest absolute Gasteiger partial charge is 0.305 e. The molecule has 2 aromatic carbocycles. The molecular formula is C31H29N3O5. The van der Waals surface area contributed by atoms with Crippen LogP contribution in [0.3, 0.4) is 0 Å². The van der Waals surface area contributed by atoms with Gasteiger partial charge in [0.05, 0.1) is 29.2 Å². The Morgan fingerprint density at radius 3 is 2.26 bits per heavy atom. The number of nitrogens with zero attached hydrogens (tertiary/aromatic N) is 2. The van der Waals surface area contributed by atoms with Gasteiger partial charge in [0.1, 0.15) is 6.07 Å². The van der Waals surface area contributed by atoms with Crippen LogP contribution >= 0.6 is 0 Å². The Bertz CT molecular complexity index is 1520. The molecule has 0 aliphatic rings. The fraction of sp³-hybridized carbons (Fsp3) is 0.226. The molecule has 0 aliphatic heterocycles. The number of carboxylic acids is 1. The average Bonchev–Trinajstić information content (AvgIpc) is 3.32. The van der Waals surface area contributed by atoms with Crippen molar-refractivity contribution in [3.8, 4) is 11.9 Å². The van der Waals surface area contributed by atoms with Crippen molar-refractivity contribution in [2.45, 2.75) is 38.8 Å². The lowest BCUT2D eigenvalue weighted by Crippen LogP contribution is -2.42. The zero-order valence-electron chi connectivity index (χ0n) is 21.7. The topological polar surface area (TPSA) is 121 Å². The van der Waals surface area contributed by atoms with Crippen molar-refractivity contribution in [2.75, 3.05) is 0 Å². The molecule has 2 heterocycles. The number of carbonyl (C=O) groups is 3. The van der Waals surface area contributed by atoms with Gasteiger partial charge < -0.3 is 15.2 Å². The van der Waals surface area contributed by atoms with Crippen LogP contribution in [0.25, 0.3) is 5.52 Å². The van der Waals surface area contributed by atoms with Gasteiger partial charge in [0.2, 0.25) is 5.78 Å². The number of benzene rings is 2. The summed E-state index contributed by atoms with van der Waals surface area (Å²) in [5.74, 6) is -1.52. The maximum Gasteiger partial charge on any atom is 0.305 e. The summed E-state index contributed by atoms with van der Waals surface area (Å²) in [5.41, 5.74) is 2.13. The van der Waals surface area contributed by atoms with Gasteiger partial charge in [-0.1, -0.05) is 80.6 Å². The molecule has 0 bridgehead atoms. The number of hydrogen-bond acceptors (Lipinski definition) is 5. The van der Waals surface area contributed by atoms with Crippen molar-refractivity contribution in [3.05, 3.63) is 107 Å². The molecule has 0 radical (unpaired) electrons. The second-order valence-corrected chi connectivity index (χ2v) is 9.64. The second kappa shape index (κ2) is 12.1. The van der Waals surface area contributed by atoms with Gasteiger partial charge in [-0.25, -0.2) is 0 Å². The van der Waals surface area contributed by atoms with Gasteiger partial charge in [-0.05, 0) is 36.1 Å². The molecule has 0 aliphatic carbocycles. The number of pyridine rings is 1. The van der Waals surface area contributed by atoms with Crippen LogP contribution in [0.15, 0.2) is 84.9 Å². The number of amides is 1. The van der Waals surface area contributed by atoms with Crippen LogP contribution in [0.1, 0.15) is 59.9 Å². The summed E-state index contributed by atoms with van der Waals surface area (Å²) in [6.45, 7) is 3.90. The van der Waals surface area contributed by atoms with Crippen molar-refractivity contribution in [1.29, 1.82) is 5.26 Å². The summed E-state index contributed by atoms with van der Waals surface area (Å²) >= 11 is 0. The van der Waals surface area contributed by atoms with Gasteiger partial charge in [-0.15, -0.1) is 0 Å². The molecule has 1 unspecified atom stereocenters. The van der Waals surface area contributed by atoms with Crippen LogP contribution in [0.5, 0.6) is 5.88 Å². The Kier molecular flexibility index (Phi) is 8.42. The Labute approximate surface area is 226 Å². The lowest BCUT2D eigenvalue weighted by atomic mass is 10.0. The zero-order chi connectivity index (χ0) is 27.9. The van der Waals surface area contributed by atoms with Crippen molar-refractivity contribution < 1.29 is 24.2 Å². The maximum absolute atomic E-state index is 13.5. The van der Waals surface area contributed by atoms with E-state index in [0.29, 0.717) is 28.6 Å². The molecule has 8 heteroatoms. The standard InChI is InChI=1S/C31H29N3O5/c1-20(2)16-27(31(38)33-24(18-29(35)36)21-10-5-3-6-11-21)39-28-15-9-14-25-23(19-32)17-26(34(25)28)30(37)22-12-7-4-8-13-22/h3-15,17,20,24,27H,16,18H2,1-2H3,(H,33,38)(H,35,36)/t24?,27-/m0/s1. The van der Waals surface area contributed by atoms with Gasteiger partial charge >= 0.3 is 5.97 Å². The first-order chi connectivity index (χ1) is 18.8. The van der Waals surface area contributed by atoms with E-state index in [9.17, 15) is 24.8 Å². The number of ketones is 1. The first kappa shape index (κ1) is 27.1. The van der Waals surface area contributed by atoms with E-state index in [1.807, 2.05) is 26.0 Å². The van der Waals surface area contributed by atoms with E-state index >= 15 is 0 Å². The molecule has 1 amide bonds. The highest BCUT2D eigenvalue weighted by molar-refractivity contribution is 6.09. The van der Waals surface area contributed by atoms with E-state index in [1.165, 1.54) is 6.07 Å². The van der Waals surface area contributed by atoms with Crippen LogP contribution < -0.4 is 10.1 Å². The first-order valence-electron chi connectivity index (χ1n) is 12.7. The molecule has 0 saturated carbocycles. The molecule has 8 nitrogen and oxygen atoms in total. The Balaban J connectivity index is 1.72. The molecule has 0 spiro atoms. The second-order valence-electron chi connectivity index (χ2n) is 9.64. The normalized spacial score (nSPS) is 12.5. The van der Waals surface area contributed by atoms with Gasteiger partial charge in [-0.2, -0.15) is 5.26 Å². The summed E-state index contributed by atoms with van der Waals surface area (Å²) in [6.07, 6.45) is -0.938.